The molecule has 1 fully saturated rings. The Kier molecular flexibility index (Phi) is 3.17. The van der Waals surface area contributed by atoms with E-state index < -0.39 is 10.0 Å². The maximum Gasteiger partial charge on any atom is 0.285 e. The number of likely N-dealkylation sites (tertiary alicyclic amines) is 1. The van der Waals surface area contributed by atoms with Crippen molar-refractivity contribution in [2.75, 3.05) is 11.9 Å². The minimum atomic E-state index is -3.51. The molecule has 0 bridgehead atoms. The Hall–Kier alpha value is -0.880. The summed E-state index contributed by atoms with van der Waals surface area (Å²) in [5, 5.41) is 0.829. The summed E-state index contributed by atoms with van der Waals surface area (Å²) in [6.07, 6.45) is 1.07. The highest BCUT2D eigenvalue weighted by Crippen LogP contribution is 2.33. The van der Waals surface area contributed by atoms with Crippen LogP contribution in [0.5, 0.6) is 0 Å². The van der Waals surface area contributed by atoms with Gasteiger partial charge in [-0.2, -0.15) is 8.42 Å². The molecule has 1 aromatic rings. The summed E-state index contributed by atoms with van der Waals surface area (Å²) < 4.78 is 28.1. The van der Waals surface area contributed by atoms with Gasteiger partial charge in [0.05, 0.1) is 0 Å². The molecular formula is C13H15BrN2O2S. The van der Waals surface area contributed by atoms with Gasteiger partial charge < -0.3 is 4.90 Å². The first kappa shape index (κ1) is 13.1. The number of rotatable bonds is 1. The molecule has 102 valence electrons. The van der Waals surface area contributed by atoms with Gasteiger partial charge in [0.2, 0.25) is 0 Å². The van der Waals surface area contributed by atoms with E-state index in [4.69, 9.17) is 0 Å². The van der Waals surface area contributed by atoms with Crippen molar-refractivity contribution in [2.24, 2.45) is 10.3 Å². The quantitative estimate of drug-likeness (QED) is 0.735. The van der Waals surface area contributed by atoms with E-state index in [0.717, 1.165) is 23.9 Å². The van der Waals surface area contributed by atoms with Gasteiger partial charge in [-0.1, -0.05) is 35.0 Å². The van der Waals surface area contributed by atoms with Crippen LogP contribution in [0.25, 0.3) is 0 Å². The molecule has 0 aromatic heterocycles. The minimum Gasteiger partial charge on any atom is -0.351 e. The smallest absolute Gasteiger partial charge is 0.285 e. The maximum atomic E-state index is 12.1. The fourth-order valence-electron chi connectivity index (χ4n) is 2.80. The Labute approximate surface area is 121 Å². The Bertz CT molecular complexity index is 642. The lowest BCUT2D eigenvalue weighted by Crippen LogP contribution is -2.38. The third-order valence-corrected chi connectivity index (χ3v) is 5.91. The molecule has 0 spiro atoms. The molecule has 0 radical (unpaired) electrons. The SMILES string of the molecule is CC1CCN(C2=NS(=O)(=O)c3ccccc32)C1CBr. The van der Waals surface area contributed by atoms with E-state index in [9.17, 15) is 8.42 Å². The van der Waals surface area contributed by atoms with Crippen LogP contribution in [0.2, 0.25) is 0 Å². The van der Waals surface area contributed by atoms with E-state index in [2.05, 4.69) is 32.2 Å². The maximum absolute atomic E-state index is 12.1. The van der Waals surface area contributed by atoms with Crippen molar-refractivity contribution in [1.82, 2.24) is 4.90 Å². The van der Waals surface area contributed by atoms with Crippen LogP contribution in [0, 0.1) is 5.92 Å². The van der Waals surface area contributed by atoms with Crippen LogP contribution in [0.15, 0.2) is 33.6 Å². The summed E-state index contributed by atoms with van der Waals surface area (Å²) in [5.74, 6) is 1.15. The molecule has 2 atom stereocenters. The first-order valence-electron chi connectivity index (χ1n) is 6.31. The lowest BCUT2D eigenvalue weighted by molar-refractivity contribution is 0.379. The molecule has 1 aromatic carbocycles. The van der Waals surface area contributed by atoms with Crippen molar-refractivity contribution in [1.29, 1.82) is 0 Å². The molecule has 2 unspecified atom stereocenters. The minimum absolute atomic E-state index is 0.306. The highest BCUT2D eigenvalue weighted by Gasteiger charge is 2.38. The molecule has 3 rings (SSSR count). The Balaban J connectivity index is 2.08. The normalized spacial score (nSPS) is 28.3. The van der Waals surface area contributed by atoms with Crippen molar-refractivity contribution in [3.63, 3.8) is 0 Å². The predicted molar refractivity (Wildman–Crippen MR) is 78.2 cm³/mol. The number of hydrogen-bond acceptors (Lipinski definition) is 3. The number of hydrogen-bond donors (Lipinski definition) is 0. The number of sulfonamides is 1. The molecule has 19 heavy (non-hydrogen) atoms. The lowest BCUT2D eigenvalue weighted by atomic mass is 10.0. The summed E-state index contributed by atoms with van der Waals surface area (Å²) >= 11 is 3.53. The van der Waals surface area contributed by atoms with E-state index >= 15 is 0 Å². The number of alkyl halides is 1. The van der Waals surface area contributed by atoms with Crippen molar-refractivity contribution in [3.05, 3.63) is 29.8 Å². The largest absolute Gasteiger partial charge is 0.351 e. The second kappa shape index (κ2) is 4.59. The van der Waals surface area contributed by atoms with Crippen molar-refractivity contribution in [3.8, 4) is 0 Å². The Morgan fingerprint density at radius 3 is 2.89 bits per heavy atom. The predicted octanol–water partition coefficient (Wildman–Crippen LogP) is 2.24. The van der Waals surface area contributed by atoms with Gasteiger partial charge in [-0.25, -0.2) is 0 Å². The molecular weight excluding hydrogens is 328 g/mol. The fourth-order valence-corrected chi connectivity index (χ4v) is 5.01. The molecule has 2 aliphatic rings. The van der Waals surface area contributed by atoms with Crippen LogP contribution in [-0.2, 0) is 10.0 Å². The van der Waals surface area contributed by atoms with E-state index in [-0.39, 0.29) is 0 Å². The van der Waals surface area contributed by atoms with Crippen LogP contribution in [0.4, 0.5) is 0 Å². The second-order valence-corrected chi connectivity index (χ2v) is 7.29. The third-order valence-electron chi connectivity index (χ3n) is 3.93. The Morgan fingerprint density at radius 2 is 2.16 bits per heavy atom. The summed E-state index contributed by atoms with van der Waals surface area (Å²) in [5.41, 5.74) is 0.738. The van der Waals surface area contributed by atoms with Crippen LogP contribution in [0.1, 0.15) is 18.9 Å². The average molecular weight is 343 g/mol. The van der Waals surface area contributed by atoms with Gasteiger partial charge in [0.25, 0.3) is 10.0 Å². The van der Waals surface area contributed by atoms with Gasteiger partial charge >= 0.3 is 0 Å². The second-order valence-electron chi connectivity index (χ2n) is 5.07. The number of benzene rings is 1. The van der Waals surface area contributed by atoms with Crippen molar-refractivity contribution in [2.45, 2.75) is 24.3 Å². The van der Waals surface area contributed by atoms with Crippen LogP contribution < -0.4 is 0 Å². The number of nitrogens with zero attached hydrogens (tertiary/aromatic N) is 2. The molecule has 6 heteroatoms. The first-order chi connectivity index (χ1) is 9.04. The molecule has 2 aliphatic heterocycles. The van der Waals surface area contributed by atoms with Crippen molar-refractivity contribution >= 4 is 31.8 Å². The molecule has 0 amide bonds. The van der Waals surface area contributed by atoms with Gasteiger partial charge in [-0.05, 0) is 24.5 Å². The fraction of sp³-hybridized carbons (Fsp3) is 0.462. The summed E-state index contributed by atoms with van der Waals surface area (Å²) in [7, 11) is -3.51. The number of amidine groups is 1. The molecule has 1 saturated heterocycles. The van der Waals surface area contributed by atoms with Crippen molar-refractivity contribution < 1.29 is 8.42 Å². The Morgan fingerprint density at radius 1 is 1.42 bits per heavy atom. The summed E-state index contributed by atoms with van der Waals surface area (Å²) in [6.45, 7) is 3.06. The average Bonchev–Trinajstić information content (AvgIpc) is 2.88. The number of halogens is 1. The topological polar surface area (TPSA) is 49.7 Å². The highest BCUT2D eigenvalue weighted by atomic mass is 79.9. The van der Waals surface area contributed by atoms with E-state index in [0.29, 0.717) is 22.7 Å². The lowest BCUT2D eigenvalue weighted by Gasteiger charge is -2.26. The van der Waals surface area contributed by atoms with E-state index in [1.807, 2.05) is 12.1 Å². The number of fused-ring (bicyclic) bond motifs is 1. The van der Waals surface area contributed by atoms with Gasteiger partial charge in [-0.3, -0.25) is 0 Å². The van der Waals surface area contributed by atoms with Gasteiger partial charge in [0, 0.05) is 23.5 Å². The summed E-state index contributed by atoms with van der Waals surface area (Å²) in [4.78, 5) is 2.46. The molecule has 0 saturated carbocycles. The zero-order valence-corrected chi connectivity index (χ0v) is 13.0. The highest BCUT2D eigenvalue weighted by molar-refractivity contribution is 9.09. The zero-order valence-electron chi connectivity index (χ0n) is 10.6. The van der Waals surface area contributed by atoms with Gasteiger partial charge in [0.15, 0.2) is 5.84 Å². The zero-order chi connectivity index (χ0) is 13.6. The molecule has 0 aliphatic carbocycles. The molecule has 0 N–H and O–H groups in total. The van der Waals surface area contributed by atoms with E-state index in [1.54, 1.807) is 12.1 Å². The molecule has 4 nitrogen and oxygen atoms in total. The van der Waals surface area contributed by atoms with E-state index in [1.165, 1.54) is 0 Å². The first-order valence-corrected chi connectivity index (χ1v) is 8.87. The van der Waals surface area contributed by atoms with Gasteiger partial charge in [0.1, 0.15) is 4.90 Å². The van der Waals surface area contributed by atoms with Gasteiger partial charge in [-0.15, -0.1) is 4.40 Å². The van der Waals surface area contributed by atoms with Crippen LogP contribution in [-0.4, -0.2) is 37.1 Å². The van der Waals surface area contributed by atoms with Crippen LogP contribution in [0.3, 0.4) is 0 Å². The monoisotopic (exact) mass is 342 g/mol. The van der Waals surface area contributed by atoms with Crippen LogP contribution >= 0.6 is 15.9 Å². The third kappa shape index (κ3) is 2.01. The summed E-state index contributed by atoms with van der Waals surface area (Å²) in [6, 6.07) is 7.37. The molecule has 2 heterocycles. The standard InChI is InChI=1S/C13H15BrN2O2S/c1-9-6-7-16(11(9)8-14)13-10-4-2-3-5-12(10)19(17,18)15-13/h2-5,9,11H,6-8H2,1H3.